The van der Waals surface area contributed by atoms with Gasteiger partial charge in [0.2, 0.25) is 0 Å². The summed E-state index contributed by atoms with van der Waals surface area (Å²) < 4.78 is 6.64. The van der Waals surface area contributed by atoms with Gasteiger partial charge in [0.15, 0.2) is 0 Å². The van der Waals surface area contributed by atoms with E-state index in [4.69, 9.17) is 4.42 Å². The topological polar surface area (TPSA) is 19.6 Å². The molecule has 4 aliphatic rings. The maximum absolute atomic E-state index is 6.64. The summed E-state index contributed by atoms with van der Waals surface area (Å²) in [5.74, 6) is 0. The van der Waals surface area contributed by atoms with Gasteiger partial charge in [0.1, 0.15) is 11.2 Å². The highest BCUT2D eigenvalue weighted by Gasteiger charge is 2.50. The summed E-state index contributed by atoms with van der Waals surface area (Å²) in [4.78, 5) is 5.29. The average molecular weight is 821 g/mol. The molecule has 312 valence electrons. The van der Waals surface area contributed by atoms with Gasteiger partial charge in [-0.1, -0.05) is 134 Å². The predicted molar refractivity (Wildman–Crippen MR) is 269 cm³/mol. The van der Waals surface area contributed by atoms with E-state index in [0.29, 0.717) is 0 Å². The molecule has 0 saturated carbocycles. The van der Waals surface area contributed by atoms with Gasteiger partial charge in [0, 0.05) is 33.8 Å². The summed E-state index contributed by atoms with van der Waals surface area (Å²) in [5.41, 5.74) is 24.6. The van der Waals surface area contributed by atoms with Crippen molar-refractivity contribution < 1.29 is 4.42 Å². The number of furan rings is 1. The van der Waals surface area contributed by atoms with Crippen LogP contribution in [0.1, 0.15) is 108 Å². The minimum absolute atomic E-state index is 0.0296. The first-order valence-electron chi connectivity index (χ1n) is 23.2. The fraction of sp³-hybridized carbons (Fsp3) is 0.288. The molecule has 3 nitrogen and oxygen atoms in total. The van der Waals surface area contributed by atoms with Crippen LogP contribution in [0.15, 0.2) is 132 Å². The van der Waals surface area contributed by atoms with Crippen LogP contribution in [-0.2, 0) is 21.7 Å². The Labute approximate surface area is 373 Å². The van der Waals surface area contributed by atoms with Crippen LogP contribution >= 0.6 is 0 Å². The summed E-state index contributed by atoms with van der Waals surface area (Å²) >= 11 is 0. The van der Waals surface area contributed by atoms with E-state index in [9.17, 15) is 0 Å². The largest absolute Gasteiger partial charge is 0.456 e. The first kappa shape index (κ1) is 38.7. The zero-order valence-corrected chi connectivity index (χ0v) is 38.6. The molecule has 0 spiro atoms. The normalized spacial score (nSPS) is 18.2. The molecule has 7 aromatic carbocycles. The van der Waals surface area contributed by atoms with Gasteiger partial charge in [-0.3, -0.25) is 0 Å². The Balaban J connectivity index is 1.24. The number of para-hydroxylation sites is 1. The van der Waals surface area contributed by atoms with Gasteiger partial charge < -0.3 is 14.2 Å². The van der Waals surface area contributed by atoms with Crippen LogP contribution in [0.25, 0.3) is 33.1 Å². The van der Waals surface area contributed by atoms with E-state index in [1.807, 2.05) is 0 Å². The molecule has 2 aliphatic heterocycles. The third kappa shape index (κ3) is 5.46. The molecule has 4 heteroatoms. The number of anilines is 6. The summed E-state index contributed by atoms with van der Waals surface area (Å²) in [5, 5.41) is 2.31. The maximum Gasteiger partial charge on any atom is 0.252 e. The van der Waals surface area contributed by atoms with Gasteiger partial charge >= 0.3 is 0 Å². The molecule has 3 heterocycles. The van der Waals surface area contributed by atoms with Crippen LogP contribution in [0.4, 0.5) is 34.1 Å². The molecule has 12 rings (SSSR count). The maximum atomic E-state index is 6.64. The lowest BCUT2D eigenvalue weighted by Crippen LogP contribution is -2.62. The molecule has 2 aliphatic carbocycles. The van der Waals surface area contributed by atoms with Crippen LogP contribution in [0.3, 0.4) is 0 Å². The molecular weight excluding hydrogens is 763 g/mol. The smallest absolute Gasteiger partial charge is 0.252 e. The highest BCUT2D eigenvalue weighted by atomic mass is 16.3. The van der Waals surface area contributed by atoms with E-state index < -0.39 is 0 Å². The lowest BCUT2D eigenvalue weighted by Gasteiger charge is -2.48. The van der Waals surface area contributed by atoms with Gasteiger partial charge in [0.05, 0.1) is 11.1 Å². The number of rotatable bonds is 3. The molecule has 0 fully saturated rings. The standard InChI is InChI=1S/C59H57BN2O/c1-35-27-50-55-51(28-35)62(47-29-38(24-23-36(47)2)37-17-12-11-13-18-37)49-33-43-41(58(7,8)34-59(43,9)10)31-45(49)60(55)44-30-40-42(57(5,6)26-25-56(40,3)4)32-48(44)61(50)46-20-16-22-53-54(46)39-19-14-15-21-52(39)63-53/h11-24,27-33H,25-26,34H2,1-10H3. The zero-order valence-electron chi connectivity index (χ0n) is 38.6. The molecular formula is C59H57BN2O. The van der Waals surface area contributed by atoms with Crippen molar-refractivity contribution in [1.29, 1.82) is 0 Å². The number of hydrogen-bond acceptors (Lipinski definition) is 3. The lowest BCUT2D eigenvalue weighted by atomic mass is 9.32. The Morgan fingerprint density at radius 3 is 1.68 bits per heavy atom. The first-order chi connectivity index (χ1) is 30.0. The van der Waals surface area contributed by atoms with Gasteiger partial charge in [0.25, 0.3) is 6.71 Å². The number of nitrogens with zero attached hydrogens (tertiary/aromatic N) is 2. The van der Waals surface area contributed by atoms with Gasteiger partial charge in [-0.15, -0.1) is 0 Å². The van der Waals surface area contributed by atoms with Gasteiger partial charge in [-0.2, -0.15) is 0 Å². The number of aryl methyl sites for hydroxylation is 2. The van der Waals surface area contributed by atoms with E-state index in [1.165, 1.54) is 95.8 Å². The molecule has 0 unspecified atom stereocenters. The second-order valence-electron chi connectivity index (χ2n) is 22.1. The fourth-order valence-corrected chi connectivity index (χ4v) is 12.8. The fourth-order valence-electron chi connectivity index (χ4n) is 12.8. The quantitative estimate of drug-likeness (QED) is 0.166. The van der Waals surface area contributed by atoms with Crippen molar-refractivity contribution in [1.82, 2.24) is 0 Å². The van der Waals surface area contributed by atoms with E-state index in [-0.39, 0.29) is 28.4 Å². The zero-order chi connectivity index (χ0) is 43.5. The van der Waals surface area contributed by atoms with Gasteiger partial charge in [-0.05, 0) is 164 Å². The van der Waals surface area contributed by atoms with Gasteiger partial charge in [-0.25, -0.2) is 0 Å². The molecule has 0 bridgehead atoms. The number of fused-ring (bicyclic) bond motifs is 9. The highest BCUT2D eigenvalue weighted by Crippen LogP contribution is 2.55. The second-order valence-corrected chi connectivity index (χ2v) is 22.1. The number of hydrogen-bond donors (Lipinski definition) is 0. The summed E-state index contributed by atoms with van der Waals surface area (Å²) in [6.45, 7) is 24.4. The van der Waals surface area contributed by atoms with Crippen molar-refractivity contribution in [3.8, 4) is 11.1 Å². The molecule has 63 heavy (non-hydrogen) atoms. The van der Waals surface area contributed by atoms with Crippen molar-refractivity contribution in [3.05, 3.63) is 161 Å². The van der Waals surface area contributed by atoms with Crippen molar-refractivity contribution in [2.45, 2.75) is 110 Å². The lowest BCUT2D eigenvalue weighted by molar-refractivity contribution is 0.332. The van der Waals surface area contributed by atoms with Crippen molar-refractivity contribution >= 4 is 79.2 Å². The van der Waals surface area contributed by atoms with E-state index in [2.05, 4.69) is 206 Å². The van der Waals surface area contributed by atoms with Crippen LogP contribution in [-0.4, -0.2) is 6.71 Å². The SMILES string of the molecule is Cc1cc2c3c(c1)N(c1cccc4oc5ccccc5c14)c1cc4c(cc1B3c1cc3c(cc1N2c1cc(-c2ccccc2)ccc1C)C(C)(C)CC3(C)C)C(C)(C)CCC4(C)C. The Bertz CT molecular complexity index is 3260. The van der Waals surface area contributed by atoms with E-state index in [1.54, 1.807) is 0 Å². The van der Waals surface area contributed by atoms with Crippen LogP contribution < -0.4 is 26.2 Å². The summed E-state index contributed by atoms with van der Waals surface area (Å²) in [6.07, 6.45) is 3.44. The average Bonchev–Trinajstić information content (AvgIpc) is 3.72. The molecule has 0 saturated heterocycles. The summed E-state index contributed by atoms with van der Waals surface area (Å²) in [6, 6.07) is 48.7. The Hall–Kier alpha value is -6.00. The van der Waals surface area contributed by atoms with E-state index >= 15 is 0 Å². The van der Waals surface area contributed by atoms with Crippen LogP contribution in [0.2, 0.25) is 0 Å². The molecule has 0 radical (unpaired) electrons. The molecule has 8 aromatic rings. The highest BCUT2D eigenvalue weighted by molar-refractivity contribution is 7.00. The second kappa shape index (κ2) is 12.8. The van der Waals surface area contributed by atoms with Crippen LogP contribution in [0, 0.1) is 13.8 Å². The Kier molecular flexibility index (Phi) is 7.86. The third-order valence-corrected chi connectivity index (χ3v) is 15.8. The third-order valence-electron chi connectivity index (χ3n) is 15.8. The monoisotopic (exact) mass is 820 g/mol. The Morgan fingerprint density at radius 1 is 0.460 bits per heavy atom. The molecule has 1 aromatic heterocycles. The van der Waals surface area contributed by atoms with Crippen molar-refractivity contribution in [3.63, 3.8) is 0 Å². The van der Waals surface area contributed by atoms with E-state index in [0.717, 1.165) is 40.5 Å². The van der Waals surface area contributed by atoms with Crippen molar-refractivity contribution in [2.75, 3.05) is 9.80 Å². The van der Waals surface area contributed by atoms with Crippen molar-refractivity contribution in [2.24, 2.45) is 0 Å². The van der Waals surface area contributed by atoms with Crippen LogP contribution in [0.5, 0.6) is 0 Å². The minimum Gasteiger partial charge on any atom is -0.456 e. The minimum atomic E-state index is 0.0296. The Morgan fingerprint density at radius 2 is 1.02 bits per heavy atom. The number of benzene rings is 7. The molecule has 0 amide bonds. The predicted octanol–water partition coefficient (Wildman–Crippen LogP) is 14.3. The molecule has 0 atom stereocenters. The summed E-state index contributed by atoms with van der Waals surface area (Å²) in [7, 11) is 0. The molecule has 0 N–H and O–H groups in total. The first-order valence-corrected chi connectivity index (χ1v) is 23.2.